The van der Waals surface area contributed by atoms with Crippen molar-refractivity contribution in [2.45, 2.75) is 19.3 Å². The highest BCUT2D eigenvalue weighted by Gasteiger charge is 2.19. The van der Waals surface area contributed by atoms with Crippen LogP contribution in [0.1, 0.15) is 18.4 Å². The van der Waals surface area contributed by atoms with E-state index < -0.39 is 4.92 Å². The molecule has 0 heterocycles. The maximum Gasteiger partial charge on any atom is 0.297 e. The second-order valence-electron chi connectivity index (χ2n) is 4.32. The summed E-state index contributed by atoms with van der Waals surface area (Å²) in [4.78, 5) is 10.5. The molecule has 0 aliphatic carbocycles. The topological polar surface area (TPSA) is 133 Å². The first-order chi connectivity index (χ1) is 9.07. The molecule has 0 saturated carbocycles. The van der Waals surface area contributed by atoms with E-state index in [-0.39, 0.29) is 11.4 Å². The van der Waals surface area contributed by atoms with Crippen molar-refractivity contribution in [3.63, 3.8) is 0 Å². The molecule has 0 aromatic heterocycles. The molecule has 106 valence electrons. The SMILES string of the molecule is NCCCNCCCc1c(N)ccc(N)c1[N+](=O)[O-]. The van der Waals surface area contributed by atoms with Gasteiger partial charge in [-0.1, -0.05) is 0 Å². The predicted molar refractivity (Wildman–Crippen MR) is 76.8 cm³/mol. The highest BCUT2D eigenvalue weighted by Crippen LogP contribution is 2.31. The number of benzene rings is 1. The fraction of sp³-hybridized carbons (Fsp3) is 0.500. The molecule has 19 heavy (non-hydrogen) atoms. The Labute approximate surface area is 112 Å². The number of hydrogen-bond acceptors (Lipinski definition) is 6. The van der Waals surface area contributed by atoms with Gasteiger partial charge in [0.25, 0.3) is 5.69 Å². The van der Waals surface area contributed by atoms with Gasteiger partial charge in [-0.3, -0.25) is 10.1 Å². The number of rotatable bonds is 8. The molecule has 7 heteroatoms. The minimum absolute atomic E-state index is 0.0676. The van der Waals surface area contributed by atoms with Crippen molar-refractivity contribution in [1.82, 2.24) is 5.32 Å². The smallest absolute Gasteiger partial charge is 0.297 e. The monoisotopic (exact) mass is 267 g/mol. The molecule has 0 radical (unpaired) electrons. The molecule has 0 fully saturated rings. The Balaban J connectivity index is 2.62. The lowest BCUT2D eigenvalue weighted by Crippen LogP contribution is -2.20. The number of nitrogens with two attached hydrogens (primary N) is 3. The van der Waals surface area contributed by atoms with Gasteiger partial charge < -0.3 is 22.5 Å². The maximum absolute atomic E-state index is 11.0. The van der Waals surface area contributed by atoms with Gasteiger partial charge >= 0.3 is 0 Å². The van der Waals surface area contributed by atoms with Gasteiger partial charge in [0.2, 0.25) is 0 Å². The number of nitrogens with zero attached hydrogens (tertiary/aromatic N) is 1. The Morgan fingerprint density at radius 1 is 1.16 bits per heavy atom. The number of anilines is 2. The summed E-state index contributed by atoms with van der Waals surface area (Å²) in [7, 11) is 0. The highest BCUT2D eigenvalue weighted by atomic mass is 16.6. The van der Waals surface area contributed by atoms with E-state index in [9.17, 15) is 10.1 Å². The van der Waals surface area contributed by atoms with Crippen molar-refractivity contribution in [3.8, 4) is 0 Å². The largest absolute Gasteiger partial charge is 0.398 e. The molecule has 0 spiro atoms. The Hall–Kier alpha value is -1.86. The standard InChI is InChI=1S/C12H21N5O2/c13-6-2-8-16-7-1-3-9-10(14)4-5-11(15)12(9)17(18)19/h4-5,16H,1-3,6-8,13-15H2. The van der Waals surface area contributed by atoms with Gasteiger partial charge in [-0.25, -0.2) is 0 Å². The molecule has 0 aliphatic heterocycles. The van der Waals surface area contributed by atoms with Gasteiger partial charge in [0.15, 0.2) is 0 Å². The molecule has 1 aromatic rings. The third-order valence-corrected chi connectivity index (χ3v) is 2.87. The van der Waals surface area contributed by atoms with Crippen molar-refractivity contribution in [3.05, 3.63) is 27.8 Å². The summed E-state index contributed by atoms with van der Waals surface area (Å²) >= 11 is 0. The molecule has 1 rings (SSSR count). The Bertz CT molecular complexity index is 436. The number of hydrogen-bond donors (Lipinski definition) is 4. The van der Waals surface area contributed by atoms with E-state index in [0.29, 0.717) is 24.2 Å². The fourth-order valence-electron chi connectivity index (χ4n) is 1.89. The Kier molecular flexibility index (Phi) is 6.04. The molecular weight excluding hydrogens is 246 g/mol. The van der Waals surface area contributed by atoms with Gasteiger partial charge in [0.05, 0.1) is 10.5 Å². The van der Waals surface area contributed by atoms with Crippen LogP contribution in [0, 0.1) is 10.1 Å². The van der Waals surface area contributed by atoms with E-state index in [4.69, 9.17) is 17.2 Å². The van der Waals surface area contributed by atoms with Crippen LogP contribution in [-0.2, 0) is 6.42 Å². The molecule has 0 atom stereocenters. The summed E-state index contributed by atoms with van der Waals surface area (Å²) in [6.45, 7) is 2.27. The van der Waals surface area contributed by atoms with E-state index in [1.54, 1.807) is 6.07 Å². The van der Waals surface area contributed by atoms with Gasteiger partial charge in [-0.05, 0) is 51.0 Å². The van der Waals surface area contributed by atoms with Crippen LogP contribution in [0.5, 0.6) is 0 Å². The van der Waals surface area contributed by atoms with Crippen molar-refractivity contribution in [1.29, 1.82) is 0 Å². The summed E-state index contributed by atoms with van der Waals surface area (Å²) in [5.74, 6) is 0. The van der Waals surface area contributed by atoms with E-state index >= 15 is 0 Å². The van der Waals surface area contributed by atoms with Crippen LogP contribution in [0.3, 0.4) is 0 Å². The Morgan fingerprint density at radius 3 is 2.42 bits per heavy atom. The molecule has 0 saturated heterocycles. The van der Waals surface area contributed by atoms with Crippen molar-refractivity contribution in [2.75, 3.05) is 31.1 Å². The second-order valence-corrected chi connectivity index (χ2v) is 4.32. The quantitative estimate of drug-likeness (QED) is 0.236. The van der Waals surface area contributed by atoms with Gasteiger partial charge in [-0.15, -0.1) is 0 Å². The minimum atomic E-state index is -0.469. The van der Waals surface area contributed by atoms with Gasteiger partial charge in [0.1, 0.15) is 5.69 Å². The van der Waals surface area contributed by atoms with Gasteiger partial charge in [-0.2, -0.15) is 0 Å². The van der Waals surface area contributed by atoms with Crippen molar-refractivity contribution < 1.29 is 4.92 Å². The molecule has 0 unspecified atom stereocenters. The van der Waals surface area contributed by atoms with Crippen LogP contribution < -0.4 is 22.5 Å². The van der Waals surface area contributed by atoms with Crippen LogP contribution in [0.25, 0.3) is 0 Å². The first kappa shape index (κ1) is 15.2. The number of nitro benzene ring substituents is 1. The van der Waals surface area contributed by atoms with E-state index in [2.05, 4.69) is 5.32 Å². The molecule has 7 N–H and O–H groups in total. The van der Waals surface area contributed by atoms with Gasteiger partial charge in [0, 0.05) is 5.69 Å². The predicted octanol–water partition coefficient (Wildman–Crippen LogP) is 0.630. The molecule has 7 nitrogen and oxygen atoms in total. The molecule has 0 amide bonds. The number of nitrogens with one attached hydrogen (secondary N) is 1. The lowest BCUT2D eigenvalue weighted by atomic mass is 10.0. The zero-order valence-corrected chi connectivity index (χ0v) is 10.9. The lowest BCUT2D eigenvalue weighted by molar-refractivity contribution is -0.384. The van der Waals surface area contributed by atoms with Crippen molar-refractivity contribution >= 4 is 17.1 Å². The summed E-state index contributed by atoms with van der Waals surface area (Å²) in [6.07, 6.45) is 2.21. The van der Waals surface area contributed by atoms with E-state index in [1.165, 1.54) is 6.07 Å². The van der Waals surface area contributed by atoms with Crippen molar-refractivity contribution in [2.24, 2.45) is 5.73 Å². The zero-order valence-electron chi connectivity index (χ0n) is 10.9. The average Bonchev–Trinajstić information content (AvgIpc) is 2.37. The molecule has 0 aliphatic rings. The first-order valence-corrected chi connectivity index (χ1v) is 6.30. The third kappa shape index (κ3) is 4.38. The fourth-order valence-corrected chi connectivity index (χ4v) is 1.89. The van der Waals surface area contributed by atoms with Crippen LogP contribution in [-0.4, -0.2) is 24.6 Å². The first-order valence-electron chi connectivity index (χ1n) is 6.30. The zero-order chi connectivity index (χ0) is 14.3. The van der Waals surface area contributed by atoms with Crippen LogP contribution in [0.15, 0.2) is 12.1 Å². The average molecular weight is 267 g/mol. The number of nitro groups is 1. The van der Waals surface area contributed by atoms with E-state index in [1.807, 2.05) is 0 Å². The normalized spacial score (nSPS) is 10.6. The van der Waals surface area contributed by atoms with Crippen LogP contribution in [0.2, 0.25) is 0 Å². The highest BCUT2D eigenvalue weighted by molar-refractivity contribution is 5.70. The summed E-state index contributed by atoms with van der Waals surface area (Å²) in [5.41, 5.74) is 17.8. The summed E-state index contributed by atoms with van der Waals surface area (Å²) < 4.78 is 0. The summed E-state index contributed by atoms with van der Waals surface area (Å²) in [6, 6.07) is 3.08. The van der Waals surface area contributed by atoms with Crippen LogP contribution in [0.4, 0.5) is 17.1 Å². The minimum Gasteiger partial charge on any atom is -0.398 e. The van der Waals surface area contributed by atoms with Crippen LogP contribution >= 0.6 is 0 Å². The van der Waals surface area contributed by atoms with E-state index in [0.717, 1.165) is 25.9 Å². The number of nitrogen functional groups attached to an aromatic ring is 2. The maximum atomic E-state index is 11.0. The third-order valence-electron chi connectivity index (χ3n) is 2.87. The summed E-state index contributed by atoms with van der Waals surface area (Å²) in [5, 5.41) is 14.2. The molecule has 0 bridgehead atoms. The molecular formula is C12H21N5O2. The Morgan fingerprint density at radius 2 is 1.79 bits per heavy atom. The second kappa shape index (κ2) is 7.55. The lowest BCUT2D eigenvalue weighted by Gasteiger charge is -2.09. The molecule has 1 aromatic carbocycles.